The molecule has 0 atom stereocenters. The Hall–Kier alpha value is -2.19. The highest BCUT2D eigenvalue weighted by atomic mass is 35.5. The number of aromatic nitrogens is 1. The molecule has 0 aliphatic rings. The number of hydrogen-bond donors (Lipinski definition) is 1. The van der Waals surface area contributed by atoms with Crippen molar-refractivity contribution in [3.63, 3.8) is 0 Å². The Morgan fingerprint density at radius 1 is 1.29 bits per heavy atom. The van der Waals surface area contributed by atoms with Gasteiger partial charge in [0.15, 0.2) is 0 Å². The Bertz CT molecular complexity index is 808. The van der Waals surface area contributed by atoms with Crippen molar-refractivity contribution in [2.75, 3.05) is 4.72 Å². The van der Waals surface area contributed by atoms with Crippen LogP contribution in [-0.4, -0.2) is 18.3 Å². The van der Waals surface area contributed by atoms with Crippen molar-refractivity contribution >= 4 is 33.1 Å². The number of nitrogens with zero attached hydrogens (tertiary/aromatic N) is 2. The van der Waals surface area contributed by atoms with E-state index in [9.17, 15) is 18.5 Å². The summed E-state index contributed by atoms with van der Waals surface area (Å²) in [5.41, 5.74) is 0.108. The lowest BCUT2D eigenvalue weighted by Crippen LogP contribution is -2.14. The largest absolute Gasteiger partial charge is 0.273 e. The van der Waals surface area contributed by atoms with Crippen molar-refractivity contribution in [2.24, 2.45) is 0 Å². The summed E-state index contributed by atoms with van der Waals surface area (Å²) >= 11 is 5.74. The third kappa shape index (κ3) is 3.47. The highest BCUT2D eigenvalue weighted by molar-refractivity contribution is 7.92. The lowest BCUT2D eigenvalue weighted by molar-refractivity contribution is -0.385. The Balaban J connectivity index is 2.40. The first kappa shape index (κ1) is 15.2. The first-order chi connectivity index (χ1) is 9.79. The van der Waals surface area contributed by atoms with Crippen LogP contribution in [0.5, 0.6) is 0 Å². The van der Waals surface area contributed by atoms with Gasteiger partial charge in [0.05, 0.1) is 9.82 Å². The quantitative estimate of drug-likeness (QED) is 0.687. The number of hydrogen-bond acceptors (Lipinski definition) is 5. The molecule has 9 heteroatoms. The van der Waals surface area contributed by atoms with Gasteiger partial charge in [-0.15, -0.1) is 0 Å². The highest BCUT2D eigenvalue weighted by Gasteiger charge is 2.20. The summed E-state index contributed by atoms with van der Waals surface area (Å²) in [5, 5.41) is 11.2. The molecule has 1 aromatic carbocycles. The summed E-state index contributed by atoms with van der Waals surface area (Å²) in [5.74, 6) is 0.0331. The van der Waals surface area contributed by atoms with Gasteiger partial charge >= 0.3 is 0 Å². The smallest absolute Gasteiger partial charge is 0.263 e. The van der Waals surface area contributed by atoms with Crippen LogP contribution < -0.4 is 4.72 Å². The third-order valence-corrected chi connectivity index (χ3v) is 4.24. The molecule has 0 saturated carbocycles. The van der Waals surface area contributed by atoms with Crippen LogP contribution in [-0.2, 0) is 10.0 Å². The molecule has 2 rings (SSSR count). The van der Waals surface area contributed by atoms with Gasteiger partial charge in [0.25, 0.3) is 15.7 Å². The summed E-state index contributed by atoms with van der Waals surface area (Å²) in [7, 11) is -3.98. The molecule has 0 aliphatic carbocycles. The molecule has 0 bridgehead atoms. The van der Waals surface area contributed by atoms with E-state index in [1.807, 2.05) is 0 Å². The van der Waals surface area contributed by atoms with Crippen LogP contribution >= 0.6 is 11.6 Å². The molecule has 21 heavy (non-hydrogen) atoms. The van der Waals surface area contributed by atoms with Gasteiger partial charge in [-0.2, -0.15) is 0 Å². The number of aryl methyl sites for hydroxylation is 1. The summed E-state index contributed by atoms with van der Waals surface area (Å²) in [6, 6.07) is 6.49. The Morgan fingerprint density at radius 2 is 2.00 bits per heavy atom. The number of rotatable bonds is 4. The second-order valence-electron chi connectivity index (χ2n) is 4.17. The number of halogens is 1. The number of nitro groups is 1. The van der Waals surface area contributed by atoms with E-state index >= 15 is 0 Å². The van der Waals surface area contributed by atoms with Crippen molar-refractivity contribution < 1.29 is 13.3 Å². The fourth-order valence-corrected chi connectivity index (χ4v) is 2.79. The Morgan fingerprint density at radius 3 is 2.62 bits per heavy atom. The molecule has 0 aliphatic heterocycles. The maximum absolute atomic E-state index is 12.2. The second kappa shape index (κ2) is 5.66. The average Bonchev–Trinajstić information content (AvgIpc) is 2.38. The summed E-state index contributed by atoms with van der Waals surface area (Å²) in [6.45, 7) is 1.53. The fourth-order valence-electron chi connectivity index (χ4n) is 1.61. The first-order valence-corrected chi connectivity index (χ1v) is 7.55. The van der Waals surface area contributed by atoms with E-state index in [0.717, 1.165) is 6.07 Å². The van der Waals surface area contributed by atoms with Gasteiger partial charge in [0.1, 0.15) is 5.82 Å². The minimum Gasteiger partial charge on any atom is -0.263 e. The van der Waals surface area contributed by atoms with Gasteiger partial charge in [0, 0.05) is 28.9 Å². The standard InChI is InChI=1S/C12H10ClN3O4S/c1-8-2-3-10(7-11(8)16(17)18)21(19,20)15-12-6-9(13)4-5-14-12/h2-7H,1H3,(H,14,15). The van der Waals surface area contributed by atoms with Crippen LogP contribution in [0, 0.1) is 17.0 Å². The molecule has 2 aromatic rings. The SMILES string of the molecule is Cc1ccc(S(=O)(=O)Nc2cc(Cl)ccn2)cc1[N+](=O)[O-]. The van der Waals surface area contributed by atoms with Crippen LogP contribution in [0.4, 0.5) is 11.5 Å². The zero-order valence-electron chi connectivity index (χ0n) is 10.8. The van der Waals surface area contributed by atoms with Crippen molar-refractivity contribution in [3.8, 4) is 0 Å². The van der Waals surface area contributed by atoms with Crippen molar-refractivity contribution in [1.29, 1.82) is 0 Å². The van der Waals surface area contributed by atoms with E-state index in [1.165, 1.54) is 37.4 Å². The zero-order valence-corrected chi connectivity index (χ0v) is 12.4. The summed E-state index contributed by atoms with van der Waals surface area (Å²) in [4.78, 5) is 13.8. The van der Waals surface area contributed by atoms with Crippen LogP contribution in [0.3, 0.4) is 0 Å². The molecule has 0 fully saturated rings. The number of sulfonamides is 1. The van der Waals surface area contributed by atoms with Crippen LogP contribution in [0.2, 0.25) is 5.02 Å². The Kier molecular flexibility index (Phi) is 4.10. The molecule has 7 nitrogen and oxygen atoms in total. The molecule has 0 saturated heterocycles. The zero-order chi connectivity index (χ0) is 15.6. The predicted molar refractivity (Wildman–Crippen MR) is 77.9 cm³/mol. The summed E-state index contributed by atoms with van der Waals surface area (Å²) in [6.07, 6.45) is 1.35. The van der Waals surface area contributed by atoms with Gasteiger partial charge in [-0.3, -0.25) is 14.8 Å². The van der Waals surface area contributed by atoms with Gasteiger partial charge in [-0.05, 0) is 19.1 Å². The molecular formula is C12H10ClN3O4S. The van der Waals surface area contributed by atoms with Gasteiger partial charge in [-0.25, -0.2) is 13.4 Å². The van der Waals surface area contributed by atoms with Gasteiger partial charge < -0.3 is 0 Å². The molecule has 0 radical (unpaired) electrons. The third-order valence-electron chi connectivity index (χ3n) is 2.65. The fraction of sp³-hybridized carbons (Fsp3) is 0.0833. The molecule has 0 unspecified atom stereocenters. The minimum atomic E-state index is -3.98. The molecule has 0 amide bonds. The van der Waals surface area contributed by atoms with E-state index in [4.69, 9.17) is 11.6 Å². The maximum Gasteiger partial charge on any atom is 0.273 e. The normalized spacial score (nSPS) is 11.1. The molecule has 1 N–H and O–H groups in total. The number of anilines is 1. The number of benzene rings is 1. The Labute approximate surface area is 125 Å². The van der Waals surface area contributed by atoms with E-state index in [-0.39, 0.29) is 16.4 Å². The maximum atomic E-state index is 12.2. The van der Waals surface area contributed by atoms with Crippen molar-refractivity contribution in [2.45, 2.75) is 11.8 Å². The molecule has 1 heterocycles. The first-order valence-electron chi connectivity index (χ1n) is 5.69. The van der Waals surface area contributed by atoms with Gasteiger partial charge in [0.2, 0.25) is 0 Å². The average molecular weight is 328 g/mol. The van der Waals surface area contributed by atoms with E-state index < -0.39 is 14.9 Å². The predicted octanol–water partition coefficient (Wildman–Crippen LogP) is 2.75. The van der Waals surface area contributed by atoms with E-state index in [1.54, 1.807) is 0 Å². The lowest BCUT2D eigenvalue weighted by atomic mass is 10.2. The molecule has 110 valence electrons. The van der Waals surface area contributed by atoms with Crippen LogP contribution in [0.25, 0.3) is 0 Å². The number of pyridine rings is 1. The van der Waals surface area contributed by atoms with Crippen molar-refractivity contribution in [1.82, 2.24) is 4.98 Å². The molecule has 1 aromatic heterocycles. The topological polar surface area (TPSA) is 102 Å². The molecular weight excluding hydrogens is 318 g/mol. The van der Waals surface area contributed by atoms with Gasteiger partial charge in [-0.1, -0.05) is 17.7 Å². The monoisotopic (exact) mass is 327 g/mol. The summed E-state index contributed by atoms with van der Waals surface area (Å²) < 4.78 is 26.6. The highest BCUT2D eigenvalue weighted by Crippen LogP contribution is 2.24. The molecule has 0 spiro atoms. The van der Waals surface area contributed by atoms with E-state index in [2.05, 4.69) is 9.71 Å². The lowest BCUT2D eigenvalue weighted by Gasteiger charge is -2.08. The van der Waals surface area contributed by atoms with Crippen LogP contribution in [0.15, 0.2) is 41.4 Å². The van der Waals surface area contributed by atoms with Crippen LogP contribution in [0.1, 0.15) is 5.56 Å². The van der Waals surface area contributed by atoms with Crippen molar-refractivity contribution in [3.05, 3.63) is 57.2 Å². The number of nitrogens with one attached hydrogen (secondary N) is 1. The van der Waals surface area contributed by atoms with E-state index in [0.29, 0.717) is 10.6 Å². The minimum absolute atomic E-state index is 0.0331. The number of nitro benzene ring substituents is 1. The second-order valence-corrected chi connectivity index (χ2v) is 6.29.